The fourth-order valence-electron chi connectivity index (χ4n) is 5.29. The maximum Gasteiger partial charge on any atom is 0.336 e. The van der Waals surface area contributed by atoms with Gasteiger partial charge in [0.05, 0.1) is 11.1 Å². The van der Waals surface area contributed by atoms with Gasteiger partial charge in [-0.15, -0.1) is 0 Å². The van der Waals surface area contributed by atoms with Gasteiger partial charge in [-0.2, -0.15) is 0 Å². The monoisotopic (exact) mass is 618 g/mol. The van der Waals surface area contributed by atoms with Gasteiger partial charge in [-0.1, -0.05) is 111 Å². The number of rotatable bonds is 24. The molecular formula is C36H58O8. The van der Waals surface area contributed by atoms with Crippen LogP contribution < -0.4 is 0 Å². The van der Waals surface area contributed by atoms with Crippen molar-refractivity contribution in [2.75, 3.05) is 0 Å². The van der Waals surface area contributed by atoms with Crippen molar-refractivity contribution in [3.05, 3.63) is 45.5 Å². The van der Waals surface area contributed by atoms with Crippen molar-refractivity contribution in [2.24, 2.45) is 0 Å². The molecule has 0 saturated heterocycles. The number of carboxylic acid groups (broad SMARTS) is 4. The van der Waals surface area contributed by atoms with E-state index in [4.69, 9.17) is 10.2 Å². The van der Waals surface area contributed by atoms with E-state index in [9.17, 15) is 29.4 Å². The second-order valence-electron chi connectivity index (χ2n) is 11.5. The summed E-state index contributed by atoms with van der Waals surface area (Å²) in [6, 6.07) is 3.32. The van der Waals surface area contributed by atoms with Gasteiger partial charge in [0.2, 0.25) is 0 Å². The predicted molar refractivity (Wildman–Crippen MR) is 176 cm³/mol. The molecule has 0 radical (unpaired) electrons. The van der Waals surface area contributed by atoms with E-state index in [0.717, 1.165) is 62.5 Å². The van der Waals surface area contributed by atoms with Gasteiger partial charge in [0, 0.05) is 11.1 Å². The van der Waals surface area contributed by atoms with Crippen LogP contribution in [0.15, 0.2) is 23.3 Å². The highest BCUT2D eigenvalue weighted by Crippen LogP contribution is 2.25. The first-order chi connectivity index (χ1) is 21.1. The highest BCUT2D eigenvalue weighted by molar-refractivity contribution is 6.03. The second-order valence-corrected chi connectivity index (χ2v) is 11.5. The lowest BCUT2D eigenvalue weighted by molar-refractivity contribution is -0.136. The summed E-state index contributed by atoms with van der Waals surface area (Å²) in [5.74, 6) is -4.47. The van der Waals surface area contributed by atoms with E-state index >= 15 is 0 Å². The molecule has 0 bridgehead atoms. The quantitative estimate of drug-likeness (QED) is 0.0660. The molecule has 0 heterocycles. The highest BCUT2D eigenvalue weighted by atomic mass is 16.4. The summed E-state index contributed by atoms with van der Waals surface area (Å²) >= 11 is 0. The molecule has 250 valence electrons. The lowest BCUT2D eigenvalue weighted by atomic mass is 9.89. The number of hydrogen-bond donors (Lipinski definition) is 4. The first kappa shape index (κ1) is 40.8. The van der Waals surface area contributed by atoms with Gasteiger partial charge in [-0.25, -0.2) is 19.2 Å². The fraction of sp³-hybridized carbons (Fsp3) is 0.667. The van der Waals surface area contributed by atoms with Crippen molar-refractivity contribution < 1.29 is 39.6 Å². The molecule has 0 amide bonds. The molecule has 1 rings (SSSR count). The van der Waals surface area contributed by atoms with Crippen LogP contribution in [0.2, 0.25) is 0 Å². The molecule has 0 spiro atoms. The van der Waals surface area contributed by atoms with Crippen LogP contribution >= 0.6 is 0 Å². The molecule has 0 aliphatic carbocycles. The van der Waals surface area contributed by atoms with Crippen molar-refractivity contribution in [2.45, 2.75) is 156 Å². The molecule has 1 aromatic carbocycles. The summed E-state index contributed by atoms with van der Waals surface area (Å²) in [6.07, 6.45) is 19.2. The zero-order chi connectivity index (χ0) is 33.3. The largest absolute Gasteiger partial charge is 0.478 e. The van der Waals surface area contributed by atoms with E-state index in [0.29, 0.717) is 32.1 Å². The van der Waals surface area contributed by atoms with Crippen LogP contribution in [0.4, 0.5) is 0 Å². The lowest BCUT2D eigenvalue weighted by Gasteiger charge is -2.15. The highest BCUT2D eigenvalue weighted by Gasteiger charge is 2.22. The van der Waals surface area contributed by atoms with E-state index in [1.807, 2.05) is 19.9 Å². The van der Waals surface area contributed by atoms with Crippen LogP contribution in [0.25, 0.3) is 0 Å². The first-order valence-electron chi connectivity index (χ1n) is 16.9. The molecule has 0 saturated carbocycles. The zero-order valence-corrected chi connectivity index (χ0v) is 27.7. The standard InChI is InChI=1S/C24H38O4.C12H20O4/c1-3-5-7-9-11-13-15-19-17-18-21(23(25)26)22(24(27)28)20(19)16-14-12-10-8-6-4-2;1-3-5-7-9(11(13)14)10(12(15)16)8-6-4-2/h17-18H,3-16H2,1-2H3,(H,25,26)(H,27,28);3-8H2,1-2H3,(H,13,14)(H,15,16)/b;10-9+. The Hall–Kier alpha value is -3.16. The van der Waals surface area contributed by atoms with E-state index in [1.54, 1.807) is 0 Å². The summed E-state index contributed by atoms with van der Waals surface area (Å²) in [7, 11) is 0. The van der Waals surface area contributed by atoms with E-state index in [2.05, 4.69) is 13.8 Å². The van der Waals surface area contributed by atoms with Crippen molar-refractivity contribution in [1.29, 1.82) is 0 Å². The van der Waals surface area contributed by atoms with Crippen molar-refractivity contribution in [3.63, 3.8) is 0 Å². The van der Waals surface area contributed by atoms with Crippen LogP contribution in [-0.2, 0) is 22.4 Å². The minimum atomic E-state index is -1.16. The Morgan fingerprint density at radius 3 is 1.30 bits per heavy atom. The molecule has 1 aromatic rings. The molecule has 0 aliphatic heterocycles. The van der Waals surface area contributed by atoms with Gasteiger partial charge in [0.1, 0.15) is 0 Å². The van der Waals surface area contributed by atoms with Crippen molar-refractivity contribution >= 4 is 23.9 Å². The summed E-state index contributed by atoms with van der Waals surface area (Å²) in [4.78, 5) is 45.4. The minimum Gasteiger partial charge on any atom is -0.478 e. The van der Waals surface area contributed by atoms with Gasteiger partial charge >= 0.3 is 23.9 Å². The summed E-state index contributed by atoms with van der Waals surface area (Å²) in [5, 5.41) is 37.1. The van der Waals surface area contributed by atoms with Gasteiger partial charge in [0.15, 0.2) is 0 Å². The van der Waals surface area contributed by atoms with E-state index in [-0.39, 0.29) is 22.3 Å². The predicted octanol–water partition coefficient (Wildman–Crippen LogP) is 9.72. The number of aromatic carboxylic acids is 2. The van der Waals surface area contributed by atoms with Gasteiger partial charge in [-0.05, 0) is 68.6 Å². The molecule has 0 fully saturated rings. The number of carboxylic acids is 4. The average molecular weight is 619 g/mol. The van der Waals surface area contributed by atoms with Crippen LogP contribution in [-0.4, -0.2) is 44.3 Å². The van der Waals surface area contributed by atoms with Crippen LogP contribution in [0.3, 0.4) is 0 Å². The van der Waals surface area contributed by atoms with Crippen molar-refractivity contribution in [1.82, 2.24) is 0 Å². The van der Waals surface area contributed by atoms with Crippen LogP contribution in [0.1, 0.15) is 175 Å². The van der Waals surface area contributed by atoms with E-state index < -0.39 is 23.9 Å². The number of carbonyl (C=O) groups is 4. The molecule has 4 N–H and O–H groups in total. The third kappa shape index (κ3) is 16.6. The summed E-state index contributed by atoms with van der Waals surface area (Å²) in [6.45, 7) is 8.29. The summed E-state index contributed by atoms with van der Waals surface area (Å²) in [5.41, 5.74) is 1.83. The Morgan fingerprint density at radius 1 is 0.500 bits per heavy atom. The van der Waals surface area contributed by atoms with Gasteiger partial charge in [-0.3, -0.25) is 0 Å². The fourth-order valence-corrected chi connectivity index (χ4v) is 5.29. The van der Waals surface area contributed by atoms with E-state index in [1.165, 1.54) is 51.0 Å². The Kier molecular flexibility index (Phi) is 23.4. The molecule has 0 atom stereocenters. The van der Waals surface area contributed by atoms with Crippen molar-refractivity contribution in [3.8, 4) is 0 Å². The number of aryl methyl sites for hydroxylation is 1. The lowest BCUT2D eigenvalue weighted by Crippen LogP contribution is -2.14. The smallest absolute Gasteiger partial charge is 0.336 e. The molecule has 44 heavy (non-hydrogen) atoms. The molecule has 8 heteroatoms. The Bertz CT molecular complexity index is 1010. The minimum absolute atomic E-state index is 0.00420. The Labute approximate surface area is 265 Å². The normalized spacial score (nSPS) is 11.4. The Balaban J connectivity index is 0.000000983. The maximum absolute atomic E-state index is 11.9. The Morgan fingerprint density at radius 2 is 0.909 bits per heavy atom. The number of unbranched alkanes of at least 4 members (excludes halogenated alkanes) is 12. The third-order valence-corrected chi connectivity index (χ3v) is 7.88. The topological polar surface area (TPSA) is 149 Å². The number of benzene rings is 1. The molecular weight excluding hydrogens is 560 g/mol. The first-order valence-corrected chi connectivity index (χ1v) is 16.9. The second kappa shape index (κ2) is 25.2. The third-order valence-electron chi connectivity index (χ3n) is 7.88. The molecule has 0 aliphatic rings. The molecule has 0 unspecified atom stereocenters. The SMILES string of the molecule is CCCC/C(C(=O)O)=C(/CCCC)C(=O)O.CCCCCCCCc1ccc(C(=O)O)c(C(=O)O)c1CCCCCCCC. The van der Waals surface area contributed by atoms with Gasteiger partial charge in [0.25, 0.3) is 0 Å². The van der Waals surface area contributed by atoms with Crippen LogP contribution in [0.5, 0.6) is 0 Å². The number of hydrogen-bond acceptors (Lipinski definition) is 4. The summed E-state index contributed by atoms with van der Waals surface area (Å²) < 4.78 is 0. The maximum atomic E-state index is 11.9. The average Bonchev–Trinajstić information content (AvgIpc) is 2.98. The van der Waals surface area contributed by atoms with Gasteiger partial charge < -0.3 is 20.4 Å². The molecule has 0 aromatic heterocycles. The van der Waals surface area contributed by atoms with Crippen LogP contribution in [0, 0.1) is 0 Å². The zero-order valence-electron chi connectivity index (χ0n) is 27.7. The molecule has 8 nitrogen and oxygen atoms in total. The number of aliphatic carboxylic acids is 2.